The van der Waals surface area contributed by atoms with E-state index in [0.717, 1.165) is 38.0 Å². The average molecular weight is 310 g/mol. The van der Waals surface area contributed by atoms with Gasteiger partial charge in [-0.1, -0.05) is 52.9 Å². The van der Waals surface area contributed by atoms with Crippen LogP contribution < -0.4 is 0 Å². The lowest BCUT2D eigenvalue weighted by Gasteiger charge is -2.22. The van der Waals surface area contributed by atoms with Gasteiger partial charge in [0.05, 0.1) is 12.5 Å². The van der Waals surface area contributed by atoms with Crippen LogP contribution >= 0.6 is 0 Å². The van der Waals surface area contributed by atoms with Crippen LogP contribution in [0.25, 0.3) is 0 Å². The van der Waals surface area contributed by atoms with Gasteiger partial charge in [0.25, 0.3) is 0 Å². The van der Waals surface area contributed by atoms with Crippen LogP contribution in [0.5, 0.6) is 0 Å². The molecule has 0 aromatic rings. The van der Waals surface area contributed by atoms with Crippen LogP contribution in [0.3, 0.4) is 0 Å². The molecule has 0 amide bonds. The molecular weight excluding hydrogens is 276 g/mol. The molecule has 0 bridgehead atoms. The fourth-order valence-electron chi connectivity index (χ4n) is 3.15. The zero-order valence-electron chi connectivity index (χ0n) is 14.7. The molecule has 1 aliphatic carbocycles. The number of Topliss-reactive ketones (excluding diaryl/α,β-unsaturated/α-hetero) is 1. The molecule has 1 rings (SSSR count). The Morgan fingerprint density at radius 3 is 2.55 bits per heavy atom. The predicted molar refractivity (Wildman–Crippen MR) is 89.6 cm³/mol. The molecule has 0 radical (unpaired) electrons. The summed E-state index contributed by atoms with van der Waals surface area (Å²) in [5.74, 6) is 0.943. The molecule has 2 unspecified atom stereocenters. The van der Waals surface area contributed by atoms with Crippen molar-refractivity contribution in [2.45, 2.75) is 85.0 Å². The Balaban J connectivity index is 2.07. The molecule has 0 aromatic carbocycles. The van der Waals surface area contributed by atoms with Crippen LogP contribution in [0.1, 0.15) is 85.0 Å². The van der Waals surface area contributed by atoms with Crippen LogP contribution in [0.15, 0.2) is 0 Å². The Labute approximate surface area is 136 Å². The van der Waals surface area contributed by atoms with Crippen molar-refractivity contribution in [3.63, 3.8) is 0 Å². The van der Waals surface area contributed by atoms with Crippen molar-refractivity contribution in [3.8, 4) is 0 Å². The van der Waals surface area contributed by atoms with E-state index < -0.39 is 0 Å². The Kier molecular flexibility index (Phi) is 9.42. The van der Waals surface area contributed by atoms with Crippen molar-refractivity contribution in [3.05, 3.63) is 0 Å². The summed E-state index contributed by atoms with van der Waals surface area (Å²) in [6.45, 7) is 6.93. The number of ether oxygens (including phenoxy) is 1. The minimum atomic E-state index is -0.145. The molecule has 1 aliphatic rings. The molecule has 0 spiro atoms. The van der Waals surface area contributed by atoms with E-state index in [1.165, 1.54) is 19.3 Å². The molecule has 128 valence electrons. The highest BCUT2D eigenvalue weighted by atomic mass is 16.5. The molecular formula is C19H34O3. The highest BCUT2D eigenvalue weighted by Gasteiger charge is 2.27. The molecule has 2 atom stereocenters. The van der Waals surface area contributed by atoms with Gasteiger partial charge in [-0.15, -0.1) is 0 Å². The van der Waals surface area contributed by atoms with E-state index in [1.54, 1.807) is 0 Å². The summed E-state index contributed by atoms with van der Waals surface area (Å²) in [5.41, 5.74) is 0. The van der Waals surface area contributed by atoms with Crippen molar-refractivity contribution in [1.29, 1.82) is 0 Å². The topological polar surface area (TPSA) is 43.4 Å². The van der Waals surface area contributed by atoms with Crippen LogP contribution in [-0.2, 0) is 14.3 Å². The predicted octanol–water partition coefficient (Wildman–Crippen LogP) is 4.92. The third kappa shape index (κ3) is 7.95. The summed E-state index contributed by atoms with van der Waals surface area (Å²) in [5, 5.41) is 0. The number of esters is 1. The van der Waals surface area contributed by atoms with Crippen molar-refractivity contribution in [2.75, 3.05) is 6.61 Å². The van der Waals surface area contributed by atoms with Gasteiger partial charge < -0.3 is 4.74 Å². The SMILES string of the molecule is CC(C)CCCCCCOC(=O)C(C)CC1CCCCC1=O. The number of carbonyl (C=O) groups is 2. The van der Waals surface area contributed by atoms with Crippen LogP contribution in [-0.4, -0.2) is 18.4 Å². The lowest BCUT2D eigenvalue weighted by Crippen LogP contribution is -2.25. The van der Waals surface area contributed by atoms with E-state index in [2.05, 4.69) is 13.8 Å². The van der Waals surface area contributed by atoms with Gasteiger partial charge >= 0.3 is 5.97 Å². The summed E-state index contributed by atoms with van der Waals surface area (Å²) in [4.78, 5) is 23.8. The van der Waals surface area contributed by atoms with Gasteiger partial charge in [0.2, 0.25) is 0 Å². The fraction of sp³-hybridized carbons (Fsp3) is 0.895. The van der Waals surface area contributed by atoms with Crippen molar-refractivity contribution in [2.24, 2.45) is 17.8 Å². The monoisotopic (exact) mass is 310 g/mol. The number of unbranched alkanes of at least 4 members (excludes halogenated alkanes) is 3. The minimum absolute atomic E-state index is 0.0901. The highest BCUT2D eigenvalue weighted by molar-refractivity contribution is 5.82. The quantitative estimate of drug-likeness (QED) is 0.425. The second-order valence-corrected chi connectivity index (χ2v) is 7.31. The van der Waals surface area contributed by atoms with Crippen LogP contribution in [0.2, 0.25) is 0 Å². The van der Waals surface area contributed by atoms with E-state index in [-0.39, 0.29) is 17.8 Å². The van der Waals surface area contributed by atoms with Gasteiger partial charge in [-0.25, -0.2) is 0 Å². The van der Waals surface area contributed by atoms with E-state index in [0.29, 0.717) is 25.2 Å². The molecule has 3 heteroatoms. The zero-order valence-corrected chi connectivity index (χ0v) is 14.7. The molecule has 0 saturated heterocycles. The third-order valence-electron chi connectivity index (χ3n) is 4.64. The zero-order chi connectivity index (χ0) is 16.4. The number of hydrogen-bond acceptors (Lipinski definition) is 3. The molecule has 0 N–H and O–H groups in total. The van der Waals surface area contributed by atoms with Crippen LogP contribution in [0, 0.1) is 17.8 Å². The Morgan fingerprint density at radius 2 is 1.86 bits per heavy atom. The second-order valence-electron chi connectivity index (χ2n) is 7.31. The molecule has 1 saturated carbocycles. The van der Waals surface area contributed by atoms with E-state index in [1.807, 2.05) is 6.92 Å². The Bertz CT molecular complexity index is 336. The fourth-order valence-corrected chi connectivity index (χ4v) is 3.15. The minimum Gasteiger partial charge on any atom is -0.465 e. The summed E-state index contributed by atoms with van der Waals surface area (Å²) in [6, 6.07) is 0. The van der Waals surface area contributed by atoms with Crippen molar-refractivity contribution in [1.82, 2.24) is 0 Å². The van der Waals surface area contributed by atoms with Crippen molar-refractivity contribution < 1.29 is 14.3 Å². The van der Waals surface area contributed by atoms with E-state index in [9.17, 15) is 9.59 Å². The normalized spacial score (nSPS) is 20.2. The first kappa shape index (κ1) is 19.2. The lowest BCUT2D eigenvalue weighted by atomic mass is 9.82. The molecule has 3 nitrogen and oxygen atoms in total. The molecule has 0 aliphatic heterocycles. The number of ketones is 1. The summed E-state index contributed by atoms with van der Waals surface area (Å²) in [7, 11) is 0. The molecule has 0 aromatic heterocycles. The number of rotatable bonds is 10. The summed E-state index contributed by atoms with van der Waals surface area (Å²) >= 11 is 0. The summed E-state index contributed by atoms with van der Waals surface area (Å²) in [6.07, 6.45) is 10.3. The standard InChI is InChI=1S/C19H34O3/c1-15(2)10-6-4-5-9-13-22-19(21)16(3)14-17-11-7-8-12-18(17)20/h15-17H,4-14H2,1-3H3. The molecule has 1 fully saturated rings. The maximum absolute atomic E-state index is 12.0. The van der Waals surface area contributed by atoms with E-state index in [4.69, 9.17) is 4.74 Å². The first-order chi connectivity index (χ1) is 10.5. The lowest BCUT2D eigenvalue weighted by molar-refractivity contribution is -0.149. The molecule has 22 heavy (non-hydrogen) atoms. The maximum Gasteiger partial charge on any atom is 0.308 e. The third-order valence-corrected chi connectivity index (χ3v) is 4.64. The van der Waals surface area contributed by atoms with Gasteiger partial charge in [0, 0.05) is 12.3 Å². The van der Waals surface area contributed by atoms with E-state index >= 15 is 0 Å². The molecule has 0 heterocycles. The largest absolute Gasteiger partial charge is 0.465 e. The van der Waals surface area contributed by atoms with Gasteiger partial charge in [-0.2, -0.15) is 0 Å². The smallest absolute Gasteiger partial charge is 0.308 e. The van der Waals surface area contributed by atoms with Gasteiger partial charge in [0.15, 0.2) is 0 Å². The highest BCUT2D eigenvalue weighted by Crippen LogP contribution is 2.26. The maximum atomic E-state index is 12.0. The number of carbonyl (C=O) groups excluding carboxylic acids is 2. The van der Waals surface area contributed by atoms with Crippen LogP contribution in [0.4, 0.5) is 0 Å². The average Bonchev–Trinajstić information content (AvgIpc) is 2.48. The first-order valence-corrected chi connectivity index (χ1v) is 9.20. The van der Waals surface area contributed by atoms with Gasteiger partial charge in [0.1, 0.15) is 5.78 Å². The van der Waals surface area contributed by atoms with Gasteiger partial charge in [-0.3, -0.25) is 9.59 Å². The first-order valence-electron chi connectivity index (χ1n) is 9.20. The Hall–Kier alpha value is -0.860. The Morgan fingerprint density at radius 1 is 1.14 bits per heavy atom. The van der Waals surface area contributed by atoms with Crippen molar-refractivity contribution >= 4 is 11.8 Å². The summed E-state index contributed by atoms with van der Waals surface area (Å²) < 4.78 is 5.36. The van der Waals surface area contributed by atoms with Gasteiger partial charge in [-0.05, 0) is 31.6 Å². The second kappa shape index (κ2) is 10.8. The number of hydrogen-bond donors (Lipinski definition) is 0.